The van der Waals surface area contributed by atoms with Crippen LogP contribution in [0.25, 0.3) is 10.2 Å². The van der Waals surface area contributed by atoms with Crippen LogP contribution in [0.5, 0.6) is 0 Å². The fourth-order valence-electron chi connectivity index (χ4n) is 3.51. The Labute approximate surface area is 175 Å². The van der Waals surface area contributed by atoms with E-state index < -0.39 is 5.54 Å². The third kappa shape index (κ3) is 4.23. The highest BCUT2D eigenvalue weighted by atomic mass is 32.2. The van der Waals surface area contributed by atoms with Gasteiger partial charge in [0.25, 0.3) is 5.56 Å². The van der Waals surface area contributed by atoms with Crippen molar-refractivity contribution >= 4 is 39.2 Å². The number of thioether (sulfide) groups is 1. The molecule has 3 aromatic rings. The second-order valence-corrected chi connectivity index (χ2v) is 9.78. The minimum atomic E-state index is -0.725. The number of carbonyl (C=O) groups is 1. The van der Waals surface area contributed by atoms with E-state index in [1.54, 1.807) is 18.3 Å². The van der Waals surface area contributed by atoms with E-state index in [1.807, 2.05) is 13.8 Å². The monoisotopic (exact) mass is 433 g/mol. The molecule has 0 aliphatic heterocycles. The predicted octanol–water partition coefficient (Wildman–Crippen LogP) is 2.84. The molecule has 1 amide bonds. The molecule has 0 radical (unpaired) electrons. The molecule has 0 aromatic carbocycles. The zero-order valence-corrected chi connectivity index (χ0v) is 18.3. The van der Waals surface area contributed by atoms with Crippen LogP contribution in [0, 0.1) is 6.92 Å². The summed E-state index contributed by atoms with van der Waals surface area (Å²) in [5, 5.41) is 7.55. The number of nitrogens with zero attached hydrogens (tertiary/aromatic N) is 3. The molecule has 0 spiro atoms. The van der Waals surface area contributed by atoms with Crippen LogP contribution in [0.15, 0.2) is 9.32 Å². The third-order valence-electron chi connectivity index (χ3n) is 4.88. The molecule has 0 saturated carbocycles. The summed E-state index contributed by atoms with van der Waals surface area (Å²) >= 11 is 3.04. The minimum absolute atomic E-state index is 0.0666. The third-order valence-corrected chi connectivity index (χ3v) is 7.01. The molecular weight excluding hydrogens is 410 g/mol. The van der Waals surface area contributed by atoms with Crippen LogP contribution >= 0.6 is 23.1 Å². The van der Waals surface area contributed by atoms with Crippen LogP contribution in [0.3, 0.4) is 0 Å². The quantitative estimate of drug-likeness (QED) is 0.614. The first-order chi connectivity index (χ1) is 13.8. The zero-order valence-electron chi connectivity index (χ0n) is 16.6. The number of hydrogen-bond acceptors (Lipinski definition) is 8. The summed E-state index contributed by atoms with van der Waals surface area (Å²) in [5.41, 5.74) is 0.391. The molecule has 0 unspecified atom stereocenters. The van der Waals surface area contributed by atoms with Crippen LogP contribution in [0.4, 0.5) is 0 Å². The lowest BCUT2D eigenvalue weighted by atomic mass is 9.97. The number of fused-ring (bicyclic) bond motifs is 3. The minimum Gasteiger partial charge on any atom is -0.343 e. The summed E-state index contributed by atoms with van der Waals surface area (Å²) in [6.07, 6.45) is 4.31. The molecule has 154 valence electrons. The van der Waals surface area contributed by atoms with Gasteiger partial charge >= 0.3 is 0 Å². The summed E-state index contributed by atoms with van der Waals surface area (Å²) in [4.78, 5) is 38.7. The van der Waals surface area contributed by atoms with Crippen molar-refractivity contribution in [2.45, 2.75) is 57.7 Å². The number of nitrogens with one attached hydrogen (secondary N) is 2. The molecule has 3 aromatic heterocycles. The smallest absolute Gasteiger partial charge is 0.259 e. The Balaban J connectivity index is 1.38. The van der Waals surface area contributed by atoms with Crippen LogP contribution in [-0.2, 0) is 28.9 Å². The average molecular weight is 434 g/mol. The van der Waals surface area contributed by atoms with Gasteiger partial charge in [-0.05, 0) is 45.1 Å². The number of aromatic amines is 1. The standard InChI is InChI=1S/C19H23N5O3S2/c1-10-20-18(24-27-10)19(2,3)23-14(25)9-28-8-13-21-16(26)15-11-6-4-5-7-12(11)29-17(15)22-13/h4-9H2,1-3H3,(H,23,25)(H,21,22,26). The van der Waals surface area contributed by atoms with Crippen LogP contribution < -0.4 is 10.9 Å². The number of aryl methyl sites for hydroxylation is 3. The Hall–Kier alpha value is -2.20. The Kier molecular flexibility index (Phi) is 5.48. The highest BCUT2D eigenvalue weighted by Gasteiger charge is 2.28. The molecule has 4 rings (SSSR count). The maximum atomic E-state index is 12.6. The van der Waals surface area contributed by atoms with Crippen molar-refractivity contribution in [3.8, 4) is 0 Å². The topological polar surface area (TPSA) is 114 Å². The van der Waals surface area contributed by atoms with E-state index in [1.165, 1.54) is 28.6 Å². The van der Waals surface area contributed by atoms with Gasteiger partial charge in [-0.2, -0.15) is 4.98 Å². The Morgan fingerprint density at radius 2 is 2.10 bits per heavy atom. The predicted molar refractivity (Wildman–Crippen MR) is 113 cm³/mol. The van der Waals surface area contributed by atoms with Crippen molar-refractivity contribution in [3.05, 3.63) is 38.3 Å². The van der Waals surface area contributed by atoms with E-state index in [9.17, 15) is 9.59 Å². The van der Waals surface area contributed by atoms with Gasteiger partial charge in [0.1, 0.15) is 10.7 Å². The van der Waals surface area contributed by atoms with E-state index in [-0.39, 0.29) is 17.2 Å². The van der Waals surface area contributed by atoms with E-state index in [4.69, 9.17) is 4.52 Å². The van der Waals surface area contributed by atoms with Crippen LogP contribution in [0.1, 0.15) is 54.7 Å². The van der Waals surface area contributed by atoms with E-state index in [2.05, 4.69) is 25.4 Å². The van der Waals surface area contributed by atoms with Crippen molar-refractivity contribution in [2.75, 3.05) is 5.75 Å². The number of amides is 1. The van der Waals surface area contributed by atoms with Crippen molar-refractivity contribution in [1.29, 1.82) is 0 Å². The normalized spacial score (nSPS) is 14.2. The Morgan fingerprint density at radius 3 is 2.86 bits per heavy atom. The molecule has 0 atom stereocenters. The number of thiophene rings is 1. The van der Waals surface area contributed by atoms with Gasteiger partial charge in [-0.1, -0.05) is 5.16 Å². The number of H-pyrrole nitrogens is 1. The lowest BCUT2D eigenvalue weighted by Crippen LogP contribution is -2.42. The first-order valence-corrected chi connectivity index (χ1v) is 11.5. The first kappa shape index (κ1) is 20.1. The largest absolute Gasteiger partial charge is 0.343 e. The maximum Gasteiger partial charge on any atom is 0.259 e. The molecule has 1 aliphatic rings. The number of carbonyl (C=O) groups excluding carboxylic acids is 1. The van der Waals surface area contributed by atoms with Crippen LogP contribution in [-0.4, -0.2) is 31.8 Å². The van der Waals surface area contributed by atoms with Gasteiger partial charge in [-0.25, -0.2) is 4.98 Å². The second kappa shape index (κ2) is 7.91. The summed E-state index contributed by atoms with van der Waals surface area (Å²) < 4.78 is 4.99. The Morgan fingerprint density at radius 1 is 1.31 bits per heavy atom. The van der Waals surface area contributed by atoms with Crippen molar-refractivity contribution < 1.29 is 9.32 Å². The van der Waals surface area contributed by atoms with E-state index in [0.29, 0.717) is 23.3 Å². The molecule has 0 bridgehead atoms. The SMILES string of the molecule is Cc1nc(C(C)(C)NC(=O)CSCc2nc3sc4c(c3c(=O)[nH]2)CCCC4)no1. The van der Waals surface area contributed by atoms with Gasteiger partial charge in [0, 0.05) is 11.8 Å². The second-order valence-electron chi connectivity index (χ2n) is 7.71. The van der Waals surface area contributed by atoms with Crippen LogP contribution in [0.2, 0.25) is 0 Å². The number of hydrogen-bond donors (Lipinski definition) is 2. The molecule has 1 aliphatic carbocycles. The summed E-state index contributed by atoms with van der Waals surface area (Å²) in [6.45, 7) is 5.36. The summed E-state index contributed by atoms with van der Waals surface area (Å²) in [7, 11) is 0. The van der Waals surface area contributed by atoms with Gasteiger partial charge in [-0.3, -0.25) is 9.59 Å². The van der Waals surface area contributed by atoms with E-state index in [0.717, 1.165) is 29.5 Å². The fourth-order valence-corrected chi connectivity index (χ4v) is 5.48. The van der Waals surface area contributed by atoms with Gasteiger partial charge < -0.3 is 14.8 Å². The lowest BCUT2D eigenvalue weighted by Gasteiger charge is -2.22. The summed E-state index contributed by atoms with van der Waals surface area (Å²) in [6, 6.07) is 0. The van der Waals surface area contributed by atoms with Crippen molar-refractivity contribution in [1.82, 2.24) is 25.4 Å². The highest BCUT2D eigenvalue weighted by Crippen LogP contribution is 2.33. The van der Waals surface area contributed by atoms with Gasteiger partial charge in [0.05, 0.1) is 22.4 Å². The highest BCUT2D eigenvalue weighted by molar-refractivity contribution is 7.99. The van der Waals surface area contributed by atoms with Gasteiger partial charge in [-0.15, -0.1) is 23.1 Å². The molecule has 3 heterocycles. The molecule has 0 saturated heterocycles. The molecule has 0 fully saturated rings. The maximum absolute atomic E-state index is 12.6. The van der Waals surface area contributed by atoms with Gasteiger partial charge in [0.15, 0.2) is 5.82 Å². The van der Waals surface area contributed by atoms with Crippen molar-refractivity contribution in [2.24, 2.45) is 0 Å². The van der Waals surface area contributed by atoms with Crippen molar-refractivity contribution in [3.63, 3.8) is 0 Å². The Bertz CT molecular complexity index is 1110. The summed E-state index contributed by atoms with van der Waals surface area (Å²) in [5.74, 6) is 2.06. The van der Waals surface area contributed by atoms with E-state index >= 15 is 0 Å². The molecule has 8 nitrogen and oxygen atoms in total. The zero-order chi connectivity index (χ0) is 20.6. The van der Waals surface area contributed by atoms with Gasteiger partial charge in [0.2, 0.25) is 11.8 Å². The molecule has 29 heavy (non-hydrogen) atoms. The molecular formula is C19H23N5O3S2. The lowest BCUT2D eigenvalue weighted by molar-refractivity contribution is -0.120. The number of aromatic nitrogens is 4. The molecule has 2 N–H and O–H groups in total. The molecule has 10 heteroatoms. The fraction of sp³-hybridized carbons (Fsp3) is 0.526. The average Bonchev–Trinajstić information content (AvgIpc) is 3.25. The first-order valence-electron chi connectivity index (χ1n) is 9.56. The number of rotatable bonds is 6.